The third kappa shape index (κ3) is 2.04. The molecule has 1 heterocycles. The van der Waals surface area contributed by atoms with Crippen LogP contribution in [-0.4, -0.2) is 20.8 Å². The van der Waals surface area contributed by atoms with Crippen LogP contribution in [0.3, 0.4) is 0 Å². The zero-order valence-corrected chi connectivity index (χ0v) is 10.6. The molecule has 2 aromatic rings. The van der Waals surface area contributed by atoms with Crippen LogP contribution in [0.1, 0.15) is 17.0 Å². The molecule has 4 heteroatoms. The fourth-order valence-electron chi connectivity index (χ4n) is 2.78. The predicted molar refractivity (Wildman–Crippen MR) is 70.0 cm³/mol. The SMILES string of the molecule is Cn1ncnc1CC(N)C1Cc2ccccc2C1. The van der Waals surface area contributed by atoms with Crippen molar-refractivity contribution in [3.63, 3.8) is 0 Å². The van der Waals surface area contributed by atoms with Gasteiger partial charge in [0, 0.05) is 19.5 Å². The van der Waals surface area contributed by atoms with Gasteiger partial charge in [-0.1, -0.05) is 24.3 Å². The lowest BCUT2D eigenvalue weighted by Gasteiger charge is -2.18. The van der Waals surface area contributed by atoms with Crippen molar-refractivity contribution in [2.45, 2.75) is 25.3 Å². The van der Waals surface area contributed by atoms with Gasteiger partial charge in [-0.25, -0.2) is 4.98 Å². The second-order valence-electron chi connectivity index (χ2n) is 5.10. The molecule has 1 aliphatic carbocycles. The normalized spacial score (nSPS) is 16.8. The first-order valence-corrected chi connectivity index (χ1v) is 6.39. The molecule has 0 saturated heterocycles. The average Bonchev–Trinajstić information content (AvgIpc) is 2.96. The highest BCUT2D eigenvalue weighted by Gasteiger charge is 2.27. The van der Waals surface area contributed by atoms with E-state index in [4.69, 9.17) is 5.73 Å². The number of fused-ring (bicyclic) bond motifs is 1. The van der Waals surface area contributed by atoms with Gasteiger partial charge in [0.2, 0.25) is 0 Å². The van der Waals surface area contributed by atoms with E-state index in [1.54, 1.807) is 6.33 Å². The van der Waals surface area contributed by atoms with Gasteiger partial charge >= 0.3 is 0 Å². The summed E-state index contributed by atoms with van der Waals surface area (Å²) in [6.07, 6.45) is 4.57. The van der Waals surface area contributed by atoms with Crippen LogP contribution in [0.5, 0.6) is 0 Å². The highest BCUT2D eigenvalue weighted by Crippen LogP contribution is 2.28. The smallest absolute Gasteiger partial charge is 0.138 e. The summed E-state index contributed by atoms with van der Waals surface area (Å²) >= 11 is 0. The van der Waals surface area contributed by atoms with Gasteiger partial charge in [0.1, 0.15) is 12.2 Å². The topological polar surface area (TPSA) is 56.7 Å². The van der Waals surface area contributed by atoms with Gasteiger partial charge in [0.05, 0.1) is 0 Å². The summed E-state index contributed by atoms with van der Waals surface area (Å²) < 4.78 is 1.81. The van der Waals surface area contributed by atoms with Crippen molar-refractivity contribution >= 4 is 0 Å². The third-order valence-corrected chi connectivity index (χ3v) is 3.91. The van der Waals surface area contributed by atoms with E-state index in [1.807, 2.05) is 11.7 Å². The van der Waals surface area contributed by atoms with Gasteiger partial charge < -0.3 is 5.73 Å². The maximum Gasteiger partial charge on any atom is 0.138 e. The van der Waals surface area contributed by atoms with Crippen molar-refractivity contribution in [3.05, 3.63) is 47.5 Å². The largest absolute Gasteiger partial charge is 0.327 e. The van der Waals surface area contributed by atoms with E-state index < -0.39 is 0 Å². The molecule has 4 nitrogen and oxygen atoms in total. The molecule has 1 aliphatic rings. The van der Waals surface area contributed by atoms with Crippen molar-refractivity contribution in [1.82, 2.24) is 14.8 Å². The summed E-state index contributed by atoms with van der Waals surface area (Å²) in [5.74, 6) is 1.50. The van der Waals surface area contributed by atoms with Crippen LogP contribution in [0, 0.1) is 5.92 Å². The van der Waals surface area contributed by atoms with Crippen LogP contribution < -0.4 is 5.73 Å². The Bertz CT molecular complexity index is 521. The number of hydrogen-bond donors (Lipinski definition) is 1. The molecule has 0 fully saturated rings. The lowest BCUT2D eigenvalue weighted by atomic mass is 9.94. The Kier molecular flexibility index (Phi) is 2.88. The maximum atomic E-state index is 6.34. The molecule has 1 aromatic heterocycles. The number of aryl methyl sites for hydroxylation is 1. The number of nitrogens with zero attached hydrogens (tertiary/aromatic N) is 3. The minimum absolute atomic E-state index is 0.153. The van der Waals surface area contributed by atoms with Crippen LogP contribution >= 0.6 is 0 Å². The lowest BCUT2D eigenvalue weighted by molar-refractivity contribution is 0.425. The molecule has 0 spiro atoms. The zero-order valence-electron chi connectivity index (χ0n) is 10.6. The second-order valence-corrected chi connectivity index (χ2v) is 5.10. The minimum atomic E-state index is 0.153. The molecule has 2 N–H and O–H groups in total. The molecule has 1 unspecified atom stereocenters. The van der Waals surface area contributed by atoms with Crippen molar-refractivity contribution in [2.75, 3.05) is 0 Å². The van der Waals surface area contributed by atoms with Gasteiger partial charge in [-0.2, -0.15) is 5.10 Å². The third-order valence-electron chi connectivity index (χ3n) is 3.91. The van der Waals surface area contributed by atoms with Crippen molar-refractivity contribution in [3.8, 4) is 0 Å². The molecular formula is C14H18N4. The van der Waals surface area contributed by atoms with Crippen LogP contribution in [0.2, 0.25) is 0 Å². The van der Waals surface area contributed by atoms with Crippen LogP contribution in [0.4, 0.5) is 0 Å². The van der Waals surface area contributed by atoms with E-state index in [9.17, 15) is 0 Å². The highest BCUT2D eigenvalue weighted by molar-refractivity contribution is 5.32. The van der Waals surface area contributed by atoms with Gasteiger partial charge in [-0.15, -0.1) is 0 Å². The molecule has 0 bridgehead atoms. The summed E-state index contributed by atoms with van der Waals surface area (Å²) in [5.41, 5.74) is 9.25. The summed E-state index contributed by atoms with van der Waals surface area (Å²) in [7, 11) is 1.92. The Balaban J connectivity index is 1.69. The Morgan fingerprint density at radius 1 is 1.33 bits per heavy atom. The van der Waals surface area contributed by atoms with Gasteiger partial charge in [-0.05, 0) is 29.9 Å². The van der Waals surface area contributed by atoms with Crippen molar-refractivity contribution in [2.24, 2.45) is 18.7 Å². The van der Waals surface area contributed by atoms with Gasteiger partial charge in [0.15, 0.2) is 0 Å². The summed E-state index contributed by atoms with van der Waals surface area (Å²) in [5, 5.41) is 4.09. The Hall–Kier alpha value is -1.68. The Morgan fingerprint density at radius 3 is 2.56 bits per heavy atom. The molecule has 0 amide bonds. The molecular weight excluding hydrogens is 224 g/mol. The van der Waals surface area contributed by atoms with Crippen molar-refractivity contribution in [1.29, 1.82) is 0 Å². The van der Waals surface area contributed by atoms with Gasteiger partial charge in [0.25, 0.3) is 0 Å². The first-order valence-electron chi connectivity index (χ1n) is 6.39. The Labute approximate surface area is 107 Å². The first-order chi connectivity index (χ1) is 8.74. The number of rotatable bonds is 3. The summed E-state index contributed by atoms with van der Waals surface area (Å²) in [6, 6.07) is 8.79. The van der Waals surface area contributed by atoms with E-state index >= 15 is 0 Å². The molecule has 1 atom stereocenters. The van der Waals surface area contributed by atoms with Crippen LogP contribution in [-0.2, 0) is 26.3 Å². The number of hydrogen-bond acceptors (Lipinski definition) is 3. The first kappa shape index (κ1) is 11.4. The van der Waals surface area contributed by atoms with Crippen LogP contribution in [0.25, 0.3) is 0 Å². The van der Waals surface area contributed by atoms with E-state index in [0.717, 1.165) is 25.1 Å². The molecule has 0 aliphatic heterocycles. The quantitative estimate of drug-likeness (QED) is 0.877. The minimum Gasteiger partial charge on any atom is -0.327 e. The molecule has 3 rings (SSSR count). The standard InChI is InChI=1S/C14H18N4/c1-18-14(16-9-17-18)8-13(15)12-6-10-4-2-3-5-11(10)7-12/h2-5,9,12-13H,6-8,15H2,1H3. The highest BCUT2D eigenvalue weighted by atomic mass is 15.3. The van der Waals surface area contributed by atoms with E-state index in [2.05, 4.69) is 34.3 Å². The maximum absolute atomic E-state index is 6.34. The number of benzene rings is 1. The van der Waals surface area contributed by atoms with Gasteiger partial charge in [-0.3, -0.25) is 4.68 Å². The summed E-state index contributed by atoms with van der Waals surface area (Å²) in [4.78, 5) is 4.25. The molecule has 0 saturated carbocycles. The lowest BCUT2D eigenvalue weighted by Crippen LogP contribution is -2.33. The van der Waals surface area contributed by atoms with Crippen molar-refractivity contribution < 1.29 is 0 Å². The Morgan fingerprint density at radius 2 is 2.00 bits per heavy atom. The number of nitrogens with two attached hydrogens (primary N) is 1. The van der Waals surface area contributed by atoms with Crippen LogP contribution in [0.15, 0.2) is 30.6 Å². The predicted octanol–water partition coefficient (Wildman–Crippen LogP) is 1.10. The fourth-order valence-corrected chi connectivity index (χ4v) is 2.78. The molecule has 0 radical (unpaired) electrons. The average molecular weight is 242 g/mol. The molecule has 94 valence electrons. The number of aromatic nitrogens is 3. The fraction of sp³-hybridized carbons (Fsp3) is 0.429. The summed E-state index contributed by atoms with van der Waals surface area (Å²) in [6.45, 7) is 0. The van der Waals surface area contributed by atoms with E-state index in [1.165, 1.54) is 11.1 Å². The van der Waals surface area contributed by atoms with E-state index in [-0.39, 0.29) is 6.04 Å². The second kappa shape index (κ2) is 4.53. The van der Waals surface area contributed by atoms with E-state index in [0.29, 0.717) is 5.92 Å². The molecule has 18 heavy (non-hydrogen) atoms. The molecule has 1 aromatic carbocycles. The zero-order chi connectivity index (χ0) is 12.5. The monoisotopic (exact) mass is 242 g/mol.